The monoisotopic (exact) mass is 187 g/mol. The highest BCUT2D eigenvalue weighted by Gasteiger charge is 2.03. The molecule has 1 rings (SSSR count). The van der Waals surface area contributed by atoms with Crippen LogP contribution in [-0.2, 0) is 0 Å². The Morgan fingerprint density at radius 1 is 1.54 bits per heavy atom. The van der Waals surface area contributed by atoms with Crippen molar-refractivity contribution in [2.24, 2.45) is 0 Å². The van der Waals surface area contributed by atoms with Gasteiger partial charge in [-0.2, -0.15) is 0 Å². The second-order valence-corrected chi connectivity index (χ2v) is 2.27. The average molecular weight is 187 g/mol. The molecular formula is C8H7F2NO2. The minimum atomic E-state index is -2.53. The van der Waals surface area contributed by atoms with Crippen molar-refractivity contribution >= 4 is 6.29 Å². The van der Waals surface area contributed by atoms with Gasteiger partial charge < -0.3 is 4.74 Å². The van der Waals surface area contributed by atoms with Crippen LogP contribution in [0.15, 0.2) is 18.5 Å². The molecule has 1 heterocycles. The van der Waals surface area contributed by atoms with Crippen molar-refractivity contribution in [3.63, 3.8) is 0 Å². The zero-order valence-electron chi connectivity index (χ0n) is 6.61. The summed E-state index contributed by atoms with van der Waals surface area (Å²) < 4.78 is 28.0. The fourth-order valence-electron chi connectivity index (χ4n) is 0.738. The standard InChI is InChI=1S/C8H7F2NO2/c9-8(10)5-13-7-1-6(4-12)2-11-3-7/h1-4,8H,5H2. The van der Waals surface area contributed by atoms with Crippen LogP contribution in [0.3, 0.4) is 0 Å². The molecule has 5 heteroatoms. The summed E-state index contributed by atoms with van der Waals surface area (Å²) in [6.45, 7) is -0.690. The summed E-state index contributed by atoms with van der Waals surface area (Å²) >= 11 is 0. The van der Waals surface area contributed by atoms with Crippen LogP contribution >= 0.6 is 0 Å². The maximum absolute atomic E-state index is 11.7. The van der Waals surface area contributed by atoms with Crippen LogP contribution in [0.1, 0.15) is 10.4 Å². The average Bonchev–Trinajstić information content (AvgIpc) is 2.15. The van der Waals surface area contributed by atoms with Crippen LogP contribution in [0, 0.1) is 0 Å². The first-order valence-corrected chi connectivity index (χ1v) is 3.53. The van der Waals surface area contributed by atoms with Gasteiger partial charge in [0.05, 0.1) is 6.20 Å². The van der Waals surface area contributed by atoms with Crippen molar-refractivity contribution in [1.82, 2.24) is 4.98 Å². The van der Waals surface area contributed by atoms with Crippen molar-refractivity contribution in [3.05, 3.63) is 24.0 Å². The predicted molar refractivity (Wildman–Crippen MR) is 41.1 cm³/mol. The lowest BCUT2D eigenvalue weighted by atomic mass is 10.3. The van der Waals surface area contributed by atoms with E-state index in [1.807, 2.05) is 0 Å². The highest BCUT2D eigenvalue weighted by molar-refractivity contribution is 5.74. The number of aromatic nitrogens is 1. The molecule has 0 saturated heterocycles. The van der Waals surface area contributed by atoms with E-state index in [2.05, 4.69) is 9.72 Å². The zero-order chi connectivity index (χ0) is 9.68. The molecule has 0 spiro atoms. The third-order valence-electron chi connectivity index (χ3n) is 1.25. The number of halogens is 2. The van der Waals surface area contributed by atoms with Gasteiger partial charge in [-0.25, -0.2) is 8.78 Å². The SMILES string of the molecule is O=Cc1cncc(OCC(F)F)c1. The van der Waals surface area contributed by atoms with Gasteiger partial charge >= 0.3 is 0 Å². The van der Waals surface area contributed by atoms with Gasteiger partial charge in [0.25, 0.3) is 6.43 Å². The van der Waals surface area contributed by atoms with Gasteiger partial charge in [-0.05, 0) is 6.07 Å². The molecule has 0 aliphatic heterocycles. The predicted octanol–water partition coefficient (Wildman–Crippen LogP) is 1.54. The van der Waals surface area contributed by atoms with Gasteiger partial charge in [-0.1, -0.05) is 0 Å². The van der Waals surface area contributed by atoms with Crippen molar-refractivity contribution in [2.45, 2.75) is 6.43 Å². The number of aldehydes is 1. The van der Waals surface area contributed by atoms with E-state index >= 15 is 0 Å². The lowest BCUT2D eigenvalue weighted by Gasteiger charge is -2.04. The Hall–Kier alpha value is -1.52. The van der Waals surface area contributed by atoms with Crippen LogP contribution in [0.4, 0.5) is 8.78 Å². The van der Waals surface area contributed by atoms with Crippen LogP contribution in [0.2, 0.25) is 0 Å². The van der Waals surface area contributed by atoms with Crippen LogP contribution in [-0.4, -0.2) is 24.3 Å². The lowest BCUT2D eigenvalue weighted by Crippen LogP contribution is -2.07. The molecule has 70 valence electrons. The van der Waals surface area contributed by atoms with Crippen LogP contribution in [0.25, 0.3) is 0 Å². The molecule has 0 bridgehead atoms. The van der Waals surface area contributed by atoms with Gasteiger partial charge in [0.2, 0.25) is 0 Å². The first-order chi connectivity index (χ1) is 6.22. The van der Waals surface area contributed by atoms with E-state index in [-0.39, 0.29) is 5.75 Å². The molecule has 0 aromatic carbocycles. The van der Waals surface area contributed by atoms with E-state index in [0.29, 0.717) is 11.8 Å². The summed E-state index contributed by atoms with van der Waals surface area (Å²) in [6, 6.07) is 1.35. The Kier molecular flexibility index (Phi) is 3.31. The van der Waals surface area contributed by atoms with Crippen molar-refractivity contribution in [1.29, 1.82) is 0 Å². The first-order valence-electron chi connectivity index (χ1n) is 3.53. The Bertz CT molecular complexity index is 291. The van der Waals surface area contributed by atoms with E-state index in [4.69, 9.17) is 0 Å². The molecule has 1 aromatic rings. The Morgan fingerprint density at radius 2 is 2.31 bits per heavy atom. The minimum Gasteiger partial charge on any atom is -0.486 e. The summed E-state index contributed by atoms with van der Waals surface area (Å²) in [6.07, 6.45) is 0.639. The third kappa shape index (κ3) is 3.14. The normalized spacial score (nSPS) is 10.1. The molecule has 0 unspecified atom stereocenters. The molecule has 0 saturated carbocycles. The smallest absolute Gasteiger partial charge is 0.272 e. The highest BCUT2D eigenvalue weighted by Crippen LogP contribution is 2.10. The zero-order valence-corrected chi connectivity index (χ0v) is 6.61. The van der Waals surface area contributed by atoms with Crippen LogP contribution in [0.5, 0.6) is 5.75 Å². The summed E-state index contributed by atoms with van der Waals surface area (Å²) in [5.74, 6) is 0.171. The summed E-state index contributed by atoms with van der Waals surface area (Å²) in [4.78, 5) is 13.9. The summed E-state index contributed by atoms with van der Waals surface area (Å²) in [5.41, 5.74) is 0.298. The number of hydrogen-bond donors (Lipinski definition) is 0. The second kappa shape index (κ2) is 4.49. The number of nitrogens with zero attached hydrogens (tertiary/aromatic N) is 1. The number of carbonyl (C=O) groups excluding carboxylic acids is 1. The molecule has 0 atom stereocenters. The largest absolute Gasteiger partial charge is 0.486 e. The van der Waals surface area contributed by atoms with Crippen molar-refractivity contribution in [2.75, 3.05) is 6.61 Å². The topological polar surface area (TPSA) is 39.2 Å². The molecule has 0 radical (unpaired) electrons. The van der Waals surface area contributed by atoms with Crippen molar-refractivity contribution in [3.8, 4) is 5.75 Å². The number of carbonyl (C=O) groups is 1. The molecule has 0 N–H and O–H groups in total. The van der Waals surface area contributed by atoms with Gasteiger partial charge in [-0.15, -0.1) is 0 Å². The maximum atomic E-state index is 11.7. The summed E-state index contributed by atoms with van der Waals surface area (Å²) in [7, 11) is 0. The molecule has 13 heavy (non-hydrogen) atoms. The second-order valence-electron chi connectivity index (χ2n) is 2.27. The lowest BCUT2D eigenvalue weighted by molar-refractivity contribution is 0.0817. The molecule has 0 aliphatic rings. The highest BCUT2D eigenvalue weighted by atomic mass is 19.3. The third-order valence-corrected chi connectivity index (χ3v) is 1.25. The number of ether oxygens (including phenoxy) is 1. The van der Waals surface area contributed by atoms with E-state index in [1.165, 1.54) is 18.5 Å². The van der Waals surface area contributed by atoms with Gasteiger partial charge in [0.15, 0.2) is 6.29 Å². The minimum absolute atomic E-state index is 0.171. The Morgan fingerprint density at radius 3 is 2.92 bits per heavy atom. The van der Waals surface area contributed by atoms with Gasteiger partial charge in [-0.3, -0.25) is 9.78 Å². The molecular weight excluding hydrogens is 180 g/mol. The summed E-state index contributed by atoms with van der Waals surface area (Å²) in [5, 5.41) is 0. The molecule has 1 aromatic heterocycles. The number of rotatable bonds is 4. The maximum Gasteiger partial charge on any atom is 0.272 e. The Labute approximate surface area is 73.4 Å². The number of pyridine rings is 1. The van der Waals surface area contributed by atoms with Crippen LogP contribution < -0.4 is 4.74 Å². The number of hydrogen-bond acceptors (Lipinski definition) is 3. The van der Waals surface area contributed by atoms with E-state index < -0.39 is 13.0 Å². The van der Waals surface area contributed by atoms with E-state index in [0.717, 1.165) is 0 Å². The quantitative estimate of drug-likeness (QED) is 0.671. The first kappa shape index (κ1) is 9.57. The van der Waals surface area contributed by atoms with Crippen molar-refractivity contribution < 1.29 is 18.3 Å². The van der Waals surface area contributed by atoms with Gasteiger partial charge in [0, 0.05) is 11.8 Å². The number of alkyl halides is 2. The Balaban J connectivity index is 2.61. The molecule has 0 fully saturated rings. The fraction of sp³-hybridized carbons (Fsp3) is 0.250. The van der Waals surface area contributed by atoms with Gasteiger partial charge in [0.1, 0.15) is 12.4 Å². The fourth-order valence-corrected chi connectivity index (χ4v) is 0.738. The van der Waals surface area contributed by atoms with E-state index in [1.54, 1.807) is 0 Å². The molecule has 0 aliphatic carbocycles. The van der Waals surface area contributed by atoms with E-state index in [9.17, 15) is 13.6 Å². The molecule has 0 amide bonds. The molecule has 3 nitrogen and oxygen atoms in total.